The Bertz CT molecular complexity index is 345. The van der Waals surface area contributed by atoms with Crippen molar-refractivity contribution in [2.24, 2.45) is 0 Å². The minimum atomic E-state index is -3.12. The molecule has 6 heteroatoms. The molecule has 2 unspecified atom stereocenters. The Hall–Kier alpha value is -0.170. The lowest BCUT2D eigenvalue weighted by atomic mass is 10.1. The zero-order chi connectivity index (χ0) is 12.3. The van der Waals surface area contributed by atoms with Crippen molar-refractivity contribution >= 4 is 10.0 Å². The third kappa shape index (κ3) is 3.40. The topological polar surface area (TPSA) is 61.4 Å². The SMILES string of the molecule is CCNCCS(=O)(=O)NC1CCN2CCCC12. The van der Waals surface area contributed by atoms with E-state index in [0.717, 1.165) is 32.5 Å². The summed E-state index contributed by atoms with van der Waals surface area (Å²) < 4.78 is 26.6. The van der Waals surface area contributed by atoms with Crippen molar-refractivity contribution in [3.8, 4) is 0 Å². The summed E-state index contributed by atoms with van der Waals surface area (Å²) in [4.78, 5) is 2.41. The van der Waals surface area contributed by atoms with Crippen LogP contribution in [0.3, 0.4) is 0 Å². The number of rotatable bonds is 6. The standard InChI is InChI=1S/C11H23N3O2S/c1-2-12-6-9-17(15,16)13-10-5-8-14-7-3-4-11(10)14/h10-13H,2-9H2,1H3. The molecule has 2 aliphatic rings. The molecule has 0 amide bonds. The summed E-state index contributed by atoms with van der Waals surface area (Å²) in [5, 5.41) is 3.05. The van der Waals surface area contributed by atoms with Gasteiger partial charge in [0, 0.05) is 25.2 Å². The summed E-state index contributed by atoms with van der Waals surface area (Å²) in [7, 11) is -3.12. The molecular formula is C11H23N3O2S. The number of hydrogen-bond acceptors (Lipinski definition) is 4. The molecule has 2 atom stereocenters. The molecule has 5 nitrogen and oxygen atoms in total. The van der Waals surface area contributed by atoms with Gasteiger partial charge in [-0.05, 0) is 32.4 Å². The summed E-state index contributed by atoms with van der Waals surface area (Å²) in [6, 6.07) is 0.591. The minimum Gasteiger partial charge on any atom is -0.316 e. The van der Waals surface area contributed by atoms with E-state index in [2.05, 4.69) is 14.9 Å². The summed E-state index contributed by atoms with van der Waals surface area (Å²) in [6.45, 7) is 5.51. The molecule has 0 radical (unpaired) electrons. The fourth-order valence-corrected chi connectivity index (χ4v) is 4.16. The van der Waals surface area contributed by atoms with E-state index in [1.807, 2.05) is 6.92 Å². The van der Waals surface area contributed by atoms with Crippen LogP contribution in [0.2, 0.25) is 0 Å². The highest BCUT2D eigenvalue weighted by Crippen LogP contribution is 2.28. The third-order valence-electron chi connectivity index (χ3n) is 3.73. The smallest absolute Gasteiger partial charge is 0.213 e. The van der Waals surface area contributed by atoms with Crippen LogP contribution in [0.5, 0.6) is 0 Å². The zero-order valence-corrected chi connectivity index (χ0v) is 11.3. The molecule has 100 valence electrons. The number of nitrogens with one attached hydrogen (secondary N) is 2. The van der Waals surface area contributed by atoms with Crippen molar-refractivity contribution in [3.05, 3.63) is 0 Å². The second kappa shape index (κ2) is 5.65. The lowest BCUT2D eigenvalue weighted by Crippen LogP contribution is -2.44. The maximum Gasteiger partial charge on any atom is 0.213 e. The first-order valence-corrected chi connectivity index (χ1v) is 8.22. The first-order chi connectivity index (χ1) is 8.12. The van der Waals surface area contributed by atoms with Crippen LogP contribution in [-0.4, -0.2) is 57.3 Å². The highest BCUT2D eigenvalue weighted by Gasteiger charge is 2.38. The lowest BCUT2D eigenvalue weighted by molar-refractivity contribution is 0.309. The Morgan fingerprint density at radius 3 is 2.88 bits per heavy atom. The molecule has 0 aliphatic carbocycles. The van der Waals surface area contributed by atoms with E-state index in [9.17, 15) is 8.42 Å². The van der Waals surface area contributed by atoms with Gasteiger partial charge in [0.05, 0.1) is 5.75 Å². The maximum atomic E-state index is 11.9. The van der Waals surface area contributed by atoms with Gasteiger partial charge in [0.25, 0.3) is 0 Å². The Labute approximate surface area is 104 Å². The quantitative estimate of drug-likeness (QED) is 0.648. The van der Waals surface area contributed by atoms with Crippen molar-refractivity contribution in [1.29, 1.82) is 0 Å². The molecule has 0 saturated carbocycles. The number of nitrogens with zero attached hydrogens (tertiary/aromatic N) is 1. The highest BCUT2D eigenvalue weighted by atomic mass is 32.2. The molecular weight excluding hydrogens is 238 g/mol. The van der Waals surface area contributed by atoms with Gasteiger partial charge in [-0.15, -0.1) is 0 Å². The number of fused-ring (bicyclic) bond motifs is 1. The van der Waals surface area contributed by atoms with Crippen molar-refractivity contribution in [3.63, 3.8) is 0 Å². The zero-order valence-electron chi connectivity index (χ0n) is 10.5. The molecule has 0 aromatic heterocycles. The normalized spacial score (nSPS) is 29.7. The predicted octanol–water partition coefficient (Wildman–Crippen LogP) is -0.248. The van der Waals surface area contributed by atoms with Crippen LogP contribution in [0.4, 0.5) is 0 Å². The van der Waals surface area contributed by atoms with Gasteiger partial charge in [0.1, 0.15) is 0 Å². The van der Waals surface area contributed by atoms with Crippen LogP contribution in [0, 0.1) is 0 Å². The van der Waals surface area contributed by atoms with Crippen molar-refractivity contribution in [1.82, 2.24) is 14.9 Å². The van der Waals surface area contributed by atoms with Gasteiger partial charge >= 0.3 is 0 Å². The Morgan fingerprint density at radius 1 is 1.29 bits per heavy atom. The fourth-order valence-electron chi connectivity index (χ4n) is 2.89. The molecule has 2 N–H and O–H groups in total. The van der Waals surface area contributed by atoms with Gasteiger partial charge in [-0.1, -0.05) is 6.92 Å². The van der Waals surface area contributed by atoms with Gasteiger partial charge in [0.2, 0.25) is 10.0 Å². The van der Waals surface area contributed by atoms with Crippen LogP contribution >= 0.6 is 0 Å². The van der Waals surface area contributed by atoms with E-state index in [-0.39, 0.29) is 11.8 Å². The summed E-state index contributed by atoms with van der Waals surface area (Å²) >= 11 is 0. The van der Waals surface area contributed by atoms with Gasteiger partial charge in [-0.25, -0.2) is 13.1 Å². The monoisotopic (exact) mass is 261 g/mol. The summed E-state index contributed by atoms with van der Waals surface area (Å²) in [5.41, 5.74) is 0. The van der Waals surface area contributed by atoms with Crippen molar-refractivity contribution in [2.45, 2.75) is 38.3 Å². The van der Waals surface area contributed by atoms with Gasteiger partial charge in [-0.3, -0.25) is 4.90 Å². The van der Waals surface area contributed by atoms with Gasteiger partial charge in [0.15, 0.2) is 0 Å². The summed E-state index contributed by atoms with van der Waals surface area (Å²) in [5.74, 6) is 0.185. The first-order valence-electron chi connectivity index (χ1n) is 6.57. The van der Waals surface area contributed by atoms with Gasteiger partial charge in [-0.2, -0.15) is 0 Å². The van der Waals surface area contributed by atoms with Crippen LogP contribution in [0.15, 0.2) is 0 Å². The molecule has 2 heterocycles. The van der Waals surface area contributed by atoms with E-state index in [4.69, 9.17) is 0 Å². The maximum absolute atomic E-state index is 11.9. The Morgan fingerprint density at radius 2 is 2.12 bits per heavy atom. The van der Waals surface area contributed by atoms with E-state index in [1.165, 1.54) is 6.42 Å². The van der Waals surface area contributed by atoms with Crippen molar-refractivity contribution < 1.29 is 8.42 Å². The second-order valence-corrected chi connectivity index (χ2v) is 6.80. The molecule has 17 heavy (non-hydrogen) atoms. The predicted molar refractivity (Wildman–Crippen MR) is 68.5 cm³/mol. The molecule has 0 aromatic carbocycles. The minimum absolute atomic E-state index is 0.143. The molecule has 0 spiro atoms. The van der Waals surface area contributed by atoms with Crippen LogP contribution in [-0.2, 0) is 10.0 Å². The molecule has 0 bridgehead atoms. The largest absolute Gasteiger partial charge is 0.316 e. The highest BCUT2D eigenvalue weighted by molar-refractivity contribution is 7.89. The van der Waals surface area contributed by atoms with E-state index in [1.54, 1.807) is 0 Å². The Kier molecular flexibility index (Phi) is 4.41. The number of hydrogen-bond donors (Lipinski definition) is 2. The Balaban J connectivity index is 1.83. The first kappa shape index (κ1) is 13.3. The van der Waals surface area contributed by atoms with E-state index < -0.39 is 10.0 Å². The lowest BCUT2D eigenvalue weighted by Gasteiger charge is -2.21. The van der Waals surface area contributed by atoms with Crippen LogP contribution < -0.4 is 10.0 Å². The number of sulfonamides is 1. The van der Waals surface area contributed by atoms with Crippen molar-refractivity contribution in [2.75, 3.05) is 31.9 Å². The summed E-state index contributed by atoms with van der Waals surface area (Å²) in [6.07, 6.45) is 3.31. The average molecular weight is 261 g/mol. The molecule has 0 aromatic rings. The fraction of sp³-hybridized carbons (Fsp3) is 1.00. The van der Waals surface area contributed by atoms with Crippen LogP contribution in [0.25, 0.3) is 0 Å². The van der Waals surface area contributed by atoms with Gasteiger partial charge < -0.3 is 5.32 Å². The van der Waals surface area contributed by atoms with E-state index in [0.29, 0.717) is 12.6 Å². The van der Waals surface area contributed by atoms with Crippen LogP contribution in [0.1, 0.15) is 26.2 Å². The molecule has 2 saturated heterocycles. The molecule has 2 aliphatic heterocycles. The molecule has 2 rings (SSSR count). The molecule has 2 fully saturated rings. The third-order valence-corrected chi connectivity index (χ3v) is 5.14. The van der Waals surface area contributed by atoms with E-state index >= 15 is 0 Å². The second-order valence-electron chi connectivity index (χ2n) is 4.93. The average Bonchev–Trinajstić information content (AvgIpc) is 2.83.